The summed E-state index contributed by atoms with van der Waals surface area (Å²) in [5.41, 5.74) is 0.280. The molecule has 0 amide bonds. The predicted molar refractivity (Wildman–Crippen MR) is 98.5 cm³/mol. The Hall–Kier alpha value is -2.88. The number of aromatic nitrogens is 4. The van der Waals surface area contributed by atoms with E-state index in [-0.39, 0.29) is 27.8 Å². The monoisotopic (exact) mass is 408 g/mol. The Kier molecular flexibility index (Phi) is 4.00. The van der Waals surface area contributed by atoms with Crippen molar-refractivity contribution >= 4 is 31.9 Å². The molecule has 3 heterocycles. The highest BCUT2D eigenvalue weighted by Crippen LogP contribution is 2.37. The summed E-state index contributed by atoms with van der Waals surface area (Å²) < 4.78 is 65.8. The van der Waals surface area contributed by atoms with E-state index in [4.69, 9.17) is 0 Å². The van der Waals surface area contributed by atoms with E-state index in [0.29, 0.717) is 16.5 Å². The molecule has 10 heteroatoms. The Morgan fingerprint density at radius 2 is 1.93 bits per heavy atom. The fourth-order valence-corrected chi connectivity index (χ4v) is 4.24. The van der Waals surface area contributed by atoms with E-state index in [1.807, 2.05) is 0 Å². The minimum atomic E-state index is -4.55. The summed E-state index contributed by atoms with van der Waals surface area (Å²) in [6.45, 7) is 1.52. The van der Waals surface area contributed by atoms with Crippen molar-refractivity contribution in [3.63, 3.8) is 0 Å². The van der Waals surface area contributed by atoms with E-state index in [1.165, 1.54) is 11.5 Å². The van der Waals surface area contributed by atoms with Gasteiger partial charge in [-0.05, 0) is 12.1 Å². The third-order valence-corrected chi connectivity index (χ3v) is 6.31. The normalized spacial score (nSPS) is 12.9. The highest BCUT2D eigenvalue weighted by atomic mass is 32.2. The lowest BCUT2D eigenvalue weighted by Gasteiger charge is -2.06. The number of nitrogens with one attached hydrogen (secondary N) is 1. The van der Waals surface area contributed by atoms with Crippen molar-refractivity contribution < 1.29 is 21.6 Å². The summed E-state index contributed by atoms with van der Waals surface area (Å²) in [4.78, 5) is 11.1. The first kappa shape index (κ1) is 18.5. The molecular weight excluding hydrogens is 393 g/mol. The lowest BCUT2D eigenvalue weighted by Crippen LogP contribution is -2.07. The fourth-order valence-electron chi connectivity index (χ4n) is 3.17. The number of halogens is 3. The highest BCUT2D eigenvalue weighted by Gasteiger charge is 2.32. The Morgan fingerprint density at radius 3 is 2.61 bits per heavy atom. The molecule has 6 nitrogen and oxygen atoms in total. The predicted octanol–water partition coefficient (Wildman–Crippen LogP) is 3.93. The van der Waals surface area contributed by atoms with Crippen LogP contribution in [0.25, 0.3) is 33.5 Å². The molecule has 0 saturated carbocycles. The van der Waals surface area contributed by atoms with Crippen molar-refractivity contribution in [2.45, 2.75) is 18.1 Å². The molecule has 3 aromatic heterocycles. The molecule has 0 aliphatic heterocycles. The number of hydrogen-bond acceptors (Lipinski definition) is 4. The number of para-hydroxylation sites is 1. The topological polar surface area (TPSA) is 80.6 Å². The van der Waals surface area contributed by atoms with Crippen molar-refractivity contribution in [3.8, 4) is 11.4 Å². The van der Waals surface area contributed by atoms with Gasteiger partial charge in [0.25, 0.3) is 0 Å². The van der Waals surface area contributed by atoms with Crippen LogP contribution in [0, 0.1) is 0 Å². The first-order chi connectivity index (χ1) is 13.1. The van der Waals surface area contributed by atoms with E-state index < -0.39 is 21.6 Å². The number of aromatic amines is 1. The highest BCUT2D eigenvalue weighted by molar-refractivity contribution is 7.91. The van der Waals surface area contributed by atoms with Gasteiger partial charge in [0, 0.05) is 24.1 Å². The van der Waals surface area contributed by atoms with Crippen LogP contribution in [0.4, 0.5) is 13.2 Å². The number of fused-ring (bicyclic) bond motifs is 2. The second-order valence-corrected chi connectivity index (χ2v) is 8.55. The molecule has 28 heavy (non-hydrogen) atoms. The summed E-state index contributed by atoms with van der Waals surface area (Å²) in [7, 11) is -2.04. The van der Waals surface area contributed by atoms with E-state index in [1.54, 1.807) is 31.3 Å². The maximum Gasteiger partial charge on any atom is 0.417 e. The molecule has 0 fully saturated rings. The standard InChI is InChI=1S/C18H15F3N4O2S/c1-3-28(26,27)17-14(11-6-4-5-7-12(11)24-17)16-23-13-8-10(18(19,20)21)9-22-15(13)25(16)2/h4-9,24H,3H2,1-2H3. The van der Waals surface area contributed by atoms with Crippen LogP contribution in [-0.2, 0) is 23.1 Å². The van der Waals surface area contributed by atoms with Gasteiger partial charge in [-0.25, -0.2) is 18.4 Å². The van der Waals surface area contributed by atoms with Gasteiger partial charge in [0.2, 0.25) is 0 Å². The average Bonchev–Trinajstić information content (AvgIpc) is 3.19. The van der Waals surface area contributed by atoms with Crippen LogP contribution >= 0.6 is 0 Å². The molecule has 4 rings (SSSR count). The number of benzene rings is 1. The molecule has 146 valence electrons. The van der Waals surface area contributed by atoms with Gasteiger partial charge in [-0.2, -0.15) is 13.2 Å². The minimum Gasteiger partial charge on any atom is -0.345 e. The van der Waals surface area contributed by atoms with Crippen LogP contribution in [-0.4, -0.2) is 33.7 Å². The second-order valence-electron chi connectivity index (χ2n) is 6.34. The molecule has 0 unspecified atom stereocenters. The molecule has 0 radical (unpaired) electrons. The number of H-pyrrole nitrogens is 1. The Balaban J connectivity index is 2.07. The summed E-state index contributed by atoms with van der Waals surface area (Å²) in [5.74, 6) is 0.0963. The first-order valence-electron chi connectivity index (χ1n) is 8.37. The van der Waals surface area contributed by atoms with Gasteiger partial charge in [-0.1, -0.05) is 25.1 Å². The first-order valence-corrected chi connectivity index (χ1v) is 10.0. The molecule has 0 spiro atoms. The van der Waals surface area contributed by atoms with E-state index in [0.717, 1.165) is 12.3 Å². The van der Waals surface area contributed by atoms with Gasteiger partial charge in [-0.3, -0.25) is 0 Å². The SMILES string of the molecule is CCS(=O)(=O)c1[nH]c2ccccc2c1-c1nc2cc(C(F)(F)F)cnc2n1C. The smallest absolute Gasteiger partial charge is 0.345 e. The van der Waals surface area contributed by atoms with Crippen molar-refractivity contribution in [1.82, 2.24) is 19.5 Å². The van der Waals surface area contributed by atoms with Crippen molar-refractivity contribution in [1.29, 1.82) is 0 Å². The number of rotatable bonds is 3. The number of pyridine rings is 1. The lowest BCUT2D eigenvalue weighted by atomic mass is 10.1. The average molecular weight is 408 g/mol. The maximum atomic E-state index is 13.0. The van der Waals surface area contributed by atoms with Gasteiger partial charge >= 0.3 is 6.18 Å². The van der Waals surface area contributed by atoms with Gasteiger partial charge in [0.15, 0.2) is 15.5 Å². The quantitative estimate of drug-likeness (QED) is 0.557. The van der Waals surface area contributed by atoms with E-state index in [2.05, 4.69) is 15.0 Å². The van der Waals surface area contributed by atoms with Gasteiger partial charge < -0.3 is 9.55 Å². The van der Waals surface area contributed by atoms with Crippen molar-refractivity contribution in [2.75, 3.05) is 5.75 Å². The maximum absolute atomic E-state index is 13.0. The number of hydrogen-bond donors (Lipinski definition) is 1. The van der Waals surface area contributed by atoms with Crippen LogP contribution in [0.2, 0.25) is 0 Å². The zero-order valence-electron chi connectivity index (χ0n) is 14.9. The van der Waals surface area contributed by atoms with Gasteiger partial charge in [-0.15, -0.1) is 0 Å². The number of nitrogens with zero attached hydrogens (tertiary/aromatic N) is 3. The van der Waals surface area contributed by atoms with Crippen molar-refractivity contribution in [2.24, 2.45) is 7.05 Å². The lowest BCUT2D eigenvalue weighted by molar-refractivity contribution is -0.137. The number of alkyl halides is 3. The zero-order valence-corrected chi connectivity index (χ0v) is 15.7. The number of imidazole rings is 1. The van der Waals surface area contributed by atoms with E-state index in [9.17, 15) is 21.6 Å². The van der Waals surface area contributed by atoms with Gasteiger partial charge in [0.05, 0.1) is 16.9 Å². The second kappa shape index (κ2) is 6.06. The summed E-state index contributed by atoms with van der Waals surface area (Å²) in [6.07, 6.45) is -3.80. The summed E-state index contributed by atoms with van der Waals surface area (Å²) in [6, 6.07) is 7.90. The van der Waals surface area contributed by atoms with Crippen LogP contribution < -0.4 is 0 Å². The van der Waals surface area contributed by atoms with Gasteiger partial charge in [0.1, 0.15) is 16.4 Å². The molecule has 0 aliphatic rings. The van der Waals surface area contributed by atoms with Crippen LogP contribution in [0.15, 0.2) is 41.6 Å². The molecule has 0 atom stereocenters. The van der Waals surface area contributed by atoms with Crippen LogP contribution in [0.3, 0.4) is 0 Å². The third kappa shape index (κ3) is 2.75. The fraction of sp³-hybridized carbons (Fsp3) is 0.222. The van der Waals surface area contributed by atoms with E-state index >= 15 is 0 Å². The largest absolute Gasteiger partial charge is 0.417 e. The minimum absolute atomic E-state index is 0.00866. The zero-order chi connectivity index (χ0) is 20.3. The summed E-state index contributed by atoms with van der Waals surface area (Å²) in [5, 5.41) is 0.606. The number of sulfone groups is 1. The van der Waals surface area contributed by atoms with Crippen LogP contribution in [0.5, 0.6) is 0 Å². The molecule has 0 aliphatic carbocycles. The molecule has 0 saturated heterocycles. The molecule has 0 bridgehead atoms. The molecule has 4 aromatic rings. The Morgan fingerprint density at radius 1 is 1.21 bits per heavy atom. The third-order valence-electron chi connectivity index (χ3n) is 4.62. The summed E-state index contributed by atoms with van der Waals surface area (Å²) >= 11 is 0. The Labute approximate surface area is 158 Å². The Bertz CT molecular complexity index is 1320. The van der Waals surface area contributed by atoms with Crippen molar-refractivity contribution in [3.05, 3.63) is 42.1 Å². The molecule has 1 aromatic carbocycles. The number of aryl methyl sites for hydroxylation is 1. The van der Waals surface area contributed by atoms with Crippen LogP contribution in [0.1, 0.15) is 12.5 Å². The molecule has 1 N–H and O–H groups in total. The molecular formula is C18H15F3N4O2S.